The first-order valence-electron chi connectivity index (χ1n) is 9.16. The minimum Gasteiger partial charge on any atom is -0.504 e. The van der Waals surface area contributed by atoms with E-state index < -0.39 is 0 Å². The van der Waals surface area contributed by atoms with Crippen LogP contribution in [0.3, 0.4) is 0 Å². The number of aromatic hydroxyl groups is 1. The van der Waals surface area contributed by atoms with E-state index in [9.17, 15) is 15.0 Å². The Morgan fingerprint density at radius 2 is 1.72 bits per heavy atom. The molecule has 0 saturated carbocycles. The van der Waals surface area contributed by atoms with Crippen LogP contribution >= 0.6 is 0 Å². The number of aliphatic hydroxyl groups excluding tert-OH is 1. The molecule has 2 N–H and O–H groups in total. The van der Waals surface area contributed by atoms with Gasteiger partial charge in [0.05, 0.1) is 42.7 Å². The summed E-state index contributed by atoms with van der Waals surface area (Å²) in [5.41, 5.74) is 4.76. The first kappa shape index (κ1) is 18.8. The lowest BCUT2D eigenvalue weighted by Crippen LogP contribution is -2.19. The van der Waals surface area contributed by atoms with E-state index in [1.807, 2.05) is 24.3 Å². The molecule has 8 nitrogen and oxygen atoms in total. The standard InChI is InChI=1S/C21H22N4O4/c1-23-16-6-4-13(10-18(16)24(2)21(23)28)15-12-17(25(22-15)8-9-26)14-5-7-19(27)20(11-14)29-3/h4-7,10-12,26-27H,8-9H2,1-3H3. The molecule has 2 heterocycles. The Labute approximate surface area is 166 Å². The van der Waals surface area contributed by atoms with Gasteiger partial charge >= 0.3 is 5.69 Å². The number of phenolic OH excluding ortho intramolecular Hbond substituents is 1. The molecule has 0 bridgehead atoms. The SMILES string of the molecule is COc1cc(-c2cc(-c3ccc4c(c3)n(C)c(=O)n4C)nn2CCO)ccc1O. The van der Waals surface area contributed by atoms with Crippen LogP contribution in [0.2, 0.25) is 0 Å². The molecule has 2 aromatic heterocycles. The van der Waals surface area contributed by atoms with Gasteiger partial charge in [-0.2, -0.15) is 5.10 Å². The number of aryl methyl sites for hydroxylation is 2. The normalized spacial score (nSPS) is 11.3. The Morgan fingerprint density at radius 3 is 2.45 bits per heavy atom. The first-order valence-corrected chi connectivity index (χ1v) is 9.16. The zero-order chi connectivity index (χ0) is 20.7. The molecule has 0 atom stereocenters. The number of ether oxygens (including phenoxy) is 1. The predicted octanol–water partition coefficient (Wildman–Crippen LogP) is 2.11. The minimum absolute atomic E-state index is 0.0557. The average molecular weight is 394 g/mol. The van der Waals surface area contributed by atoms with E-state index in [1.165, 1.54) is 7.11 Å². The maximum atomic E-state index is 12.2. The number of methoxy groups -OCH3 is 1. The van der Waals surface area contributed by atoms with Gasteiger partial charge in [0, 0.05) is 25.2 Å². The van der Waals surface area contributed by atoms with Crippen molar-refractivity contribution in [3.8, 4) is 34.0 Å². The van der Waals surface area contributed by atoms with Crippen LogP contribution in [0.1, 0.15) is 0 Å². The summed E-state index contributed by atoms with van der Waals surface area (Å²) in [5, 5.41) is 24.0. The Kier molecular flexibility index (Phi) is 4.63. The van der Waals surface area contributed by atoms with Crippen LogP contribution < -0.4 is 10.4 Å². The number of aliphatic hydroxyl groups is 1. The molecule has 0 saturated heterocycles. The number of hydrogen-bond donors (Lipinski definition) is 2. The van der Waals surface area contributed by atoms with Crippen molar-refractivity contribution in [2.45, 2.75) is 6.54 Å². The number of hydrogen-bond acceptors (Lipinski definition) is 5. The van der Waals surface area contributed by atoms with E-state index in [0.717, 1.165) is 33.5 Å². The van der Waals surface area contributed by atoms with E-state index in [2.05, 4.69) is 5.10 Å². The molecule has 0 aliphatic heterocycles. The minimum atomic E-state index is -0.0835. The Morgan fingerprint density at radius 1 is 1.00 bits per heavy atom. The molecule has 0 aliphatic rings. The number of rotatable bonds is 5. The highest BCUT2D eigenvalue weighted by molar-refractivity contribution is 5.82. The molecule has 4 aromatic rings. The maximum absolute atomic E-state index is 12.2. The summed E-state index contributed by atoms with van der Waals surface area (Å²) in [5.74, 6) is 0.418. The fourth-order valence-corrected chi connectivity index (χ4v) is 3.56. The van der Waals surface area contributed by atoms with Crippen molar-refractivity contribution in [1.29, 1.82) is 0 Å². The smallest absolute Gasteiger partial charge is 0.328 e. The van der Waals surface area contributed by atoms with E-state index in [-0.39, 0.29) is 18.0 Å². The maximum Gasteiger partial charge on any atom is 0.328 e. The van der Waals surface area contributed by atoms with Crippen LogP contribution in [-0.2, 0) is 20.6 Å². The van der Waals surface area contributed by atoms with Gasteiger partial charge in [0.1, 0.15) is 0 Å². The van der Waals surface area contributed by atoms with Gasteiger partial charge in [-0.3, -0.25) is 13.8 Å². The van der Waals surface area contributed by atoms with Crippen molar-refractivity contribution in [2.24, 2.45) is 14.1 Å². The lowest BCUT2D eigenvalue weighted by molar-refractivity contribution is 0.270. The number of benzene rings is 2. The van der Waals surface area contributed by atoms with E-state index in [4.69, 9.17) is 4.74 Å². The molecule has 8 heteroatoms. The van der Waals surface area contributed by atoms with Crippen LogP contribution in [0, 0.1) is 0 Å². The van der Waals surface area contributed by atoms with Crippen molar-refractivity contribution < 1.29 is 14.9 Å². The highest BCUT2D eigenvalue weighted by Gasteiger charge is 2.15. The fraction of sp³-hybridized carbons (Fsp3) is 0.238. The summed E-state index contributed by atoms with van der Waals surface area (Å²) in [6.45, 7) is 0.264. The van der Waals surface area contributed by atoms with Crippen LogP contribution in [0.25, 0.3) is 33.5 Å². The van der Waals surface area contributed by atoms with Gasteiger partial charge in [0.2, 0.25) is 0 Å². The zero-order valence-electron chi connectivity index (χ0n) is 16.5. The molecule has 0 radical (unpaired) electrons. The number of fused-ring (bicyclic) bond motifs is 1. The van der Waals surface area contributed by atoms with Gasteiger partial charge in [0.15, 0.2) is 11.5 Å². The third-order valence-corrected chi connectivity index (χ3v) is 5.14. The molecule has 29 heavy (non-hydrogen) atoms. The van der Waals surface area contributed by atoms with Crippen molar-refractivity contribution in [2.75, 3.05) is 13.7 Å². The third-order valence-electron chi connectivity index (χ3n) is 5.14. The average Bonchev–Trinajstić information content (AvgIpc) is 3.24. The molecular formula is C21H22N4O4. The lowest BCUT2D eigenvalue weighted by Gasteiger charge is -2.08. The summed E-state index contributed by atoms with van der Waals surface area (Å²) < 4.78 is 10.1. The predicted molar refractivity (Wildman–Crippen MR) is 110 cm³/mol. The second-order valence-electron chi connectivity index (χ2n) is 6.85. The van der Waals surface area contributed by atoms with Gasteiger partial charge in [-0.15, -0.1) is 0 Å². The molecule has 0 aliphatic carbocycles. The van der Waals surface area contributed by atoms with E-state index in [0.29, 0.717) is 12.3 Å². The van der Waals surface area contributed by atoms with Crippen LogP contribution in [0.5, 0.6) is 11.5 Å². The van der Waals surface area contributed by atoms with Gasteiger partial charge in [-0.05, 0) is 36.4 Å². The van der Waals surface area contributed by atoms with Crippen molar-refractivity contribution in [3.05, 3.63) is 52.9 Å². The highest BCUT2D eigenvalue weighted by Crippen LogP contribution is 2.33. The van der Waals surface area contributed by atoms with Gasteiger partial charge in [-0.1, -0.05) is 6.07 Å². The van der Waals surface area contributed by atoms with Crippen molar-refractivity contribution >= 4 is 11.0 Å². The van der Waals surface area contributed by atoms with Crippen LogP contribution in [0.4, 0.5) is 0 Å². The molecule has 150 valence electrons. The summed E-state index contributed by atoms with van der Waals surface area (Å²) in [7, 11) is 4.98. The number of aromatic nitrogens is 4. The zero-order valence-corrected chi connectivity index (χ0v) is 16.5. The monoisotopic (exact) mass is 394 g/mol. The lowest BCUT2D eigenvalue weighted by atomic mass is 10.1. The Bertz CT molecular complexity index is 1270. The third kappa shape index (κ3) is 3.07. The Hall–Kier alpha value is -3.52. The number of nitrogens with zero attached hydrogens (tertiary/aromatic N) is 4. The molecule has 0 spiro atoms. The molecule has 0 amide bonds. The summed E-state index contributed by atoms with van der Waals surface area (Å²) in [6.07, 6.45) is 0. The fourth-order valence-electron chi connectivity index (χ4n) is 3.56. The quantitative estimate of drug-likeness (QED) is 0.541. The molecule has 0 fully saturated rings. The van der Waals surface area contributed by atoms with Gasteiger partial charge in [0.25, 0.3) is 0 Å². The van der Waals surface area contributed by atoms with Crippen molar-refractivity contribution in [3.63, 3.8) is 0 Å². The molecule has 2 aromatic carbocycles. The highest BCUT2D eigenvalue weighted by atomic mass is 16.5. The van der Waals surface area contributed by atoms with E-state index >= 15 is 0 Å². The second kappa shape index (κ2) is 7.14. The first-order chi connectivity index (χ1) is 13.9. The van der Waals surface area contributed by atoms with Crippen LogP contribution in [0.15, 0.2) is 47.3 Å². The van der Waals surface area contributed by atoms with Gasteiger partial charge in [-0.25, -0.2) is 4.79 Å². The molecular weight excluding hydrogens is 372 g/mol. The number of phenols is 1. The largest absolute Gasteiger partial charge is 0.504 e. The van der Waals surface area contributed by atoms with E-state index in [1.54, 1.807) is 46.1 Å². The topological polar surface area (TPSA) is 94.4 Å². The Balaban J connectivity index is 1.86. The number of imidazole rings is 1. The van der Waals surface area contributed by atoms with Crippen molar-refractivity contribution in [1.82, 2.24) is 18.9 Å². The summed E-state index contributed by atoms with van der Waals surface area (Å²) in [6, 6.07) is 12.8. The second-order valence-corrected chi connectivity index (χ2v) is 6.85. The summed E-state index contributed by atoms with van der Waals surface area (Å²) >= 11 is 0. The van der Waals surface area contributed by atoms with Crippen LogP contribution in [-0.4, -0.2) is 42.8 Å². The molecule has 4 rings (SSSR count). The van der Waals surface area contributed by atoms with Gasteiger partial charge < -0.3 is 14.9 Å². The summed E-state index contributed by atoms with van der Waals surface area (Å²) in [4.78, 5) is 12.2. The molecule has 0 unspecified atom stereocenters.